The fourth-order valence-corrected chi connectivity index (χ4v) is 2.67. The van der Waals surface area contributed by atoms with Crippen molar-refractivity contribution >= 4 is 5.91 Å². The zero-order valence-corrected chi connectivity index (χ0v) is 12.1. The first-order valence-corrected chi connectivity index (χ1v) is 7.14. The summed E-state index contributed by atoms with van der Waals surface area (Å²) in [5, 5.41) is 10.7. The van der Waals surface area contributed by atoms with Gasteiger partial charge in [-0.05, 0) is 41.5 Å². The highest BCUT2D eigenvalue weighted by molar-refractivity contribution is 5.94. The van der Waals surface area contributed by atoms with E-state index < -0.39 is 18.0 Å². The number of hydrogen-bond acceptors (Lipinski definition) is 4. The van der Waals surface area contributed by atoms with Crippen LogP contribution in [0.1, 0.15) is 23.2 Å². The molecule has 2 heterocycles. The Kier molecular flexibility index (Phi) is 4.01. The number of nitrogens with zero attached hydrogens (tertiary/aromatic N) is 5. The van der Waals surface area contributed by atoms with Gasteiger partial charge < -0.3 is 4.90 Å². The van der Waals surface area contributed by atoms with Crippen LogP contribution in [-0.4, -0.2) is 50.3 Å². The molecule has 1 unspecified atom stereocenters. The lowest BCUT2D eigenvalue weighted by Crippen LogP contribution is -2.44. The largest absolute Gasteiger partial charge is 0.393 e. The molecule has 0 aliphatic carbocycles. The van der Waals surface area contributed by atoms with Crippen molar-refractivity contribution in [3.63, 3.8) is 0 Å². The first-order chi connectivity index (χ1) is 10.9. The SMILES string of the molecule is O=C(c1cccc(-n2cnnn2)c1)N1CCCC(C(F)(F)F)C1. The number of aromatic nitrogens is 4. The maximum atomic E-state index is 12.9. The summed E-state index contributed by atoms with van der Waals surface area (Å²) in [5.74, 6) is -1.86. The topological polar surface area (TPSA) is 63.9 Å². The predicted molar refractivity (Wildman–Crippen MR) is 73.8 cm³/mol. The molecule has 6 nitrogen and oxygen atoms in total. The third-order valence-corrected chi connectivity index (χ3v) is 3.88. The number of amides is 1. The van der Waals surface area contributed by atoms with Crippen LogP contribution in [0.2, 0.25) is 0 Å². The van der Waals surface area contributed by atoms with E-state index in [1.807, 2.05) is 0 Å². The van der Waals surface area contributed by atoms with E-state index in [4.69, 9.17) is 0 Å². The van der Waals surface area contributed by atoms with Crippen LogP contribution in [0.3, 0.4) is 0 Å². The Hall–Kier alpha value is -2.45. The number of likely N-dealkylation sites (tertiary alicyclic amines) is 1. The highest BCUT2D eigenvalue weighted by Crippen LogP contribution is 2.33. The van der Waals surface area contributed by atoms with Gasteiger partial charge in [0.2, 0.25) is 0 Å². The number of piperidine rings is 1. The normalized spacial score (nSPS) is 18.9. The van der Waals surface area contributed by atoms with Gasteiger partial charge in [-0.2, -0.15) is 13.2 Å². The summed E-state index contributed by atoms with van der Waals surface area (Å²) in [7, 11) is 0. The van der Waals surface area contributed by atoms with Gasteiger partial charge in [0.15, 0.2) is 0 Å². The zero-order chi connectivity index (χ0) is 16.4. The number of hydrogen-bond donors (Lipinski definition) is 0. The molecule has 0 radical (unpaired) electrons. The van der Waals surface area contributed by atoms with Gasteiger partial charge in [0.05, 0.1) is 11.6 Å². The Morgan fingerprint density at radius 3 is 2.83 bits per heavy atom. The summed E-state index contributed by atoms with van der Waals surface area (Å²) >= 11 is 0. The molecule has 0 saturated carbocycles. The quantitative estimate of drug-likeness (QED) is 0.848. The minimum atomic E-state index is -4.27. The Morgan fingerprint density at radius 2 is 2.13 bits per heavy atom. The van der Waals surface area contributed by atoms with Gasteiger partial charge in [-0.25, -0.2) is 4.68 Å². The first kappa shape index (κ1) is 15.4. The molecule has 0 N–H and O–H groups in total. The maximum absolute atomic E-state index is 12.9. The summed E-state index contributed by atoms with van der Waals surface area (Å²) in [6, 6.07) is 6.50. The average Bonchev–Trinajstić information content (AvgIpc) is 3.08. The molecule has 1 saturated heterocycles. The number of benzene rings is 1. The third-order valence-electron chi connectivity index (χ3n) is 3.88. The van der Waals surface area contributed by atoms with Gasteiger partial charge >= 0.3 is 6.18 Å². The van der Waals surface area contributed by atoms with Crippen molar-refractivity contribution in [2.24, 2.45) is 5.92 Å². The van der Waals surface area contributed by atoms with Crippen LogP contribution in [0.5, 0.6) is 0 Å². The molecule has 23 heavy (non-hydrogen) atoms. The standard InChI is InChI=1S/C14H14F3N5O/c15-14(16,17)11-4-2-6-21(8-11)13(23)10-3-1-5-12(7-10)22-9-18-19-20-22/h1,3,5,7,9,11H,2,4,6,8H2. The molecule has 2 aromatic rings. The summed E-state index contributed by atoms with van der Waals surface area (Å²) in [6.07, 6.45) is -2.47. The van der Waals surface area contributed by atoms with Gasteiger partial charge in [0, 0.05) is 18.7 Å². The van der Waals surface area contributed by atoms with Crippen molar-refractivity contribution < 1.29 is 18.0 Å². The fraction of sp³-hybridized carbons (Fsp3) is 0.429. The lowest BCUT2D eigenvalue weighted by molar-refractivity contribution is -0.184. The van der Waals surface area contributed by atoms with E-state index in [9.17, 15) is 18.0 Å². The van der Waals surface area contributed by atoms with Gasteiger partial charge in [-0.15, -0.1) is 5.10 Å². The third kappa shape index (κ3) is 3.33. The lowest BCUT2D eigenvalue weighted by Gasteiger charge is -2.33. The Labute approximate surface area is 129 Å². The summed E-state index contributed by atoms with van der Waals surface area (Å²) in [4.78, 5) is 13.8. The summed E-state index contributed by atoms with van der Waals surface area (Å²) in [6.45, 7) is 0.0396. The van der Waals surface area contributed by atoms with E-state index in [1.165, 1.54) is 15.9 Å². The monoisotopic (exact) mass is 325 g/mol. The van der Waals surface area contributed by atoms with E-state index in [1.54, 1.807) is 24.3 Å². The molecular weight excluding hydrogens is 311 g/mol. The number of tetrazole rings is 1. The molecule has 0 bridgehead atoms. The molecule has 1 fully saturated rings. The Morgan fingerprint density at radius 1 is 1.30 bits per heavy atom. The molecule has 1 amide bonds. The van der Waals surface area contributed by atoms with Crippen molar-refractivity contribution in [1.82, 2.24) is 25.1 Å². The molecular formula is C14H14F3N5O. The molecule has 122 valence electrons. The van der Waals surface area contributed by atoms with Crippen LogP contribution < -0.4 is 0 Å². The molecule has 1 atom stereocenters. The second-order valence-corrected chi connectivity index (χ2v) is 5.44. The average molecular weight is 325 g/mol. The second kappa shape index (κ2) is 5.98. The number of carbonyl (C=O) groups excluding carboxylic acids is 1. The van der Waals surface area contributed by atoms with E-state index >= 15 is 0 Å². The Balaban J connectivity index is 1.79. The van der Waals surface area contributed by atoms with Crippen LogP contribution in [0, 0.1) is 5.92 Å². The van der Waals surface area contributed by atoms with Crippen LogP contribution in [0.15, 0.2) is 30.6 Å². The van der Waals surface area contributed by atoms with E-state index in [2.05, 4.69) is 15.5 Å². The van der Waals surface area contributed by atoms with Crippen LogP contribution >= 0.6 is 0 Å². The van der Waals surface area contributed by atoms with E-state index in [0.29, 0.717) is 24.2 Å². The molecule has 1 aliphatic rings. The molecule has 1 aliphatic heterocycles. The maximum Gasteiger partial charge on any atom is 0.393 e. The van der Waals surface area contributed by atoms with Crippen LogP contribution in [-0.2, 0) is 0 Å². The number of halogens is 3. The highest BCUT2D eigenvalue weighted by Gasteiger charge is 2.42. The smallest absolute Gasteiger partial charge is 0.338 e. The summed E-state index contributed by atoms with van der Waals surface area (Å²) in [5.41, 5.74) is 0.894. The van der Waals surface area contributed by atoms with Gasteiger partial charge in [0.1, 0.15) is 6.33 Å². The molecule has 3 rings (SSSR count). The molecule has 9 heteroatoms. The molecule has 1 aromatic carbocycles. The second-order valence-electron chi connectivity index (χ2n) is 5.44. The molecule has 0 spiro atoms. The van der Waals surface area contributed by atoms with Crippen molar-refractivity contribution in [3.05, 3.63) is 36.2 Å². The lowest BCUT2D eigenvalue weighted by atomic mass is 9.97. The number of alkyl halides is 3. The van der Waals surface area contributed by atoms with Crippen LogP contribution in [0.4, 0.5) is 13.2 Å². The van der Waals surface area contributed by atoms with E-state index in [0.717, 1.165) is 0 Å². The minimum absolute atomic E-state index is 0.0674. The van der Waals surface area contributed by atoms with Crippen molar-refractivity contribution in [2.45, 2.75) is 19.0 Å². The van der Waals surface area contributed by atoms with Crippen molar-refractivity contribution in [2.75, 3.05) is 13.1 Å². The number of carbonyl (C=O) groups is 1. The Bertz CT molecular complexity index is 686. The van der Waals surface area contributed by atoms with Crippen LogP contribution in [0.25, 0.3) is 5.69 Å². The van der Waals surface area contributed by atoms with Gasteiger partial charge in [0.25, 0.3) is 5.91 Å². The van der Waals surface area contributed by atoms with E-state index in [-0.39, 0.29) is 13.0 Å². The van der Waals surface area contributed by atoms with Gasteiger partial charge in [-0.1, -0.05) is 6.07 Å². The highest BCUT2D eigenvalue weighted by atomic mass is 19.4. The van der Waals surface area contributed by atoms with Crippen molar-refractivity contribution in [3.8, 4) is 5.69 Å². The summed E-state index contributed by atoms with van der Waals surface area (Å²) < 4.78 is 40.0. The molecule has 1 aromatic heterocycles. The fourth-order valence-electron chi connectivity index (χ4n) is 2.67. The van der Waals surface area contributed by atoms with Gasteiger partial charge in [-0.3, -0.25) is 4.79 Å². The first-order valence-electron chi connectivity index (χ1n) is 7.14. The predicted octanol–water partition coefficient (Wildman–Crippen LogP) is 2.08. The van der Waals surface area contributed by atoms with Crippen molar-refractivity contribution in [1.29, 1.82) is 0 Å². The minimum Gasteiger partial charge on any atom is -0.338 e. The number of rotatable bonds is 2. The zero-order valence-electron chi connectivity index (χ0n) is 12.1.